The molecule has 9 heteroatoms. The van der Waals surface area contributed by atoms with Crippen LogP contribution in [0.2, 0.25) is 0 Å². The molecule has 3 aromatic carbocycles. The van der Waals surface area contributed by atoms with Crippen LogP contribution in [0.15, 0.2) is 77.7 Å². The lowest BCUT2D eigenvalue weighted by Gasteiger charge is -2.34. The molecule has 0 aliphatic heterocycles. The van der Waals surface area contributed by atoms with E-state index in [0.717, 1.165) is 9.87 Å². The molecule has 3 aromatic rings. The van der Waals surface area contributed by atoms with Gasteiger partial charge in [-0.3, -0.25) is 13.9 Å². The van der Waals surface area contributed by atoms with E-state index in [1.54, 1.807) is 62.4 Å². The first kappa shape index (κ1) is 30.8. The van der Waals surface area contributed by atoms with E-state index in [1.807, 2.05) is 20.8 Å². The van der Waals surface area contributed by atoms with Gasteiger partial charge in [0.1, 0.15) is 18.4 Å². The van der Waals surface area contributed by atoms with Gasteiger partial charge >= 0.3 is 0 Å². The van der Waals surface area contributed by atoms with Crippen LogP contribution in [-0.4, -0.2) is 43.8 Å². The van der Waals surface area contributed by atoms with Crippen LogP contribution in [-0.2, 0) is 26.2 Å². The smallest absolute Gasteiger partial charge is 0.264 e. The Balaban J connectivity index is 2.06. The first-order valence-electron chi connectivity index (χ1n) is 13.5. The number of anilines is 1. The van der Waals surface area contributed by atoms with Gasteiger partial charge in [0, 0.05) is 12.6 Å². The van der Waals surface area contributed by atoms with Crippen molar-refractivity contribution < 1.29 is 22.4 Å². The zero-order valence-electron chi connectivity index (χ0n) is 23.7. The zero-order chi connectivity index (χ0) is 29.4. The number of nitrogens with one attached hydrogen (secondary N) is 1. The Morgan fingerprint density at radius 1 is 0.900 bits per heavy atom. The van der Waals surface area contributed by atoms with Gasteiger partial charge in [-0.2, -0.15) is 0 Å². The van der Waals surface area contributed by atoms with Crippen molar-refractivity contribution in [2.45, 2.75) is 71.0 Å². The Hall–Kier alpha value is -3.72. The van der Waals surface area contributed by atoms with E-state index in [1.165, 1.54) is 29.2 Å². The van der Waals surface area contributed by atoms with Gasteiger partial charge in [0.25, 0.3) is 10.0 Å². The van der Waals surface area contributed by atoms with Crippen LogP contribution in [0.1, 0.15) is 50.3 Å². The van der Waals surface area contributed by atoms with Gasteiger partial charge in [0.2, 0.25) is 11.8 Å². The summed E-state index contributed by atoms with van der Waals surface area (Å²) in [5.41, 5.74) is 2.57. The van der Waals surface area contributed by atoms with E-state index >= 15 is 0 Å². The summed E-state index contributed by atoms with van der Waals surface area (Å²) in [7, 11) is -4.14. The average molecular weight is 568 g/mol. The fraction of sp³-hybridized carbons (Fsp3) is 0.355. The van der Waals surface area contributed by atoms with Crippen LogP contribution >= 0.6 is 0 Å². The fourth-order valence-corrected chi connectivity index (χ4v) is 5.82. The number of amides is 2. The van der Waals surface area contributed by atoms with Crippen molar-refractivity contribution in [1.82, 2.24) is 10.2 Å². The largest absolute Gasteiger partial charge is 0.352 e. The predicted molar refractivity (Wildman–Crippen MR) is 156 cm³/mol. The van der Waals surface area contributed by atoms with Crippen LogP contribution in [0.4, 0.5) is 10.1 Å². The molecule has 0 fully saturated rings. The lowest BCUT2D eigenvalue weighted by Crippen LogP contribution is -2.53. The van der Waals surface area contributed by atoms with Gasteiger partial charge in [-0.25, -0.2) is 12.8 Å². The van der Waals surface area contributed by atoms with Crippen molar-refractivity contribution in [2.24, 2.45) is 0 Å². The molecular weight excluding hydrogens is 529 g/mol. The Labute approximate surface area is 237 Å². The van der Waals surface area contributed by atoms with E-state index in [2.05, 4.69) is 5.32 Å². The lowest BCUT2D eigenvalue weighted by atomic mass is 10.1. The highest BCUT2D eigenvalue weighted by atomic mass is 32.2. The van der Waals surface area contributed by atoms with Gasteiger partial charge < -0.3 is 10.2 Å². The van der Waals surface area contributed by atoms with Crippen molar-refractivity contribution >= 4 is 27.5 Å². The number of halogens is 1. The van der Waals surface area contributed by atoms with E-state index in [4.69, 9.17) is 0 Å². The number of carbonyl (C=O) groups excluding carboxylic acids is 2. The molecule has 0 heterocycles. The third kappa shape index (κ3) is 7.47. The van der Waals surface area contributed by atoms with Crippen molar-refractivity contribution in [3.05, 3.63) is 95.3 Å². The molecule has 40 heavy (non-hydrogen) atoms. The summed E-state index contributed by atoms with van der Waals surface area (Å²) in [5, 5.41) is 2.94. The molecule has 0 aliphatic rings. The first-order valence-corrected chi connectivity index (χ1v) is 14.9. The van der Waals surface area contributed by atoms with Crippen LogP contribution < -0.4 is 9.62 Å². The zero-order valence-corrected chi connectivity index (χ0v) is 24.5. The lowest BCUT2D eigenvalue weighted by molar-refractivity contribution is -0.140. The first-order chi connectivity index (χ1) is 19.0. The number of benzene rings is 3. The van der Waals surface area contributed by atoms with Crippen LogP contribution in [0.3, 0.4) is 0 Å². The van der Waals surface area contributed by atoms with Crippen molar-refractivity contribution in [2.75, 3.05) is 10.8 Å². The summed E-state index contributed by atoms with van der Waals surface area (Å²) in [6, 6.07) is 18.1. The molecule has 3 rings (SSSR count). The number of nitrogens with zero attached hydrogens (tertiary/aromatic N) is 2. The maximum Gasteiger partial charge on any atom is 0.264 e. The van der Waals surface area contributed by atoms with E-state index in [0.29, 0.717) is 29.7 Å². The molecule has 0 unspecified atom stereocenters. The Morgan fingerprint density at radius 2 is 1.52 bits per heavy atom. The van der Waals surface area contributed by atoms with Gasteiger partial charge in [-0.15, -0.1) is 0 Å². The highest BCUT2D eigenvalue weighted by Gasteiger charge is 2.34. The standard InChI is InChI=1S/C31H38FN3O4S/c1-6-24(5)33-31(37)28(7-2)34(20-25-14-16-26(32)17-15-25)30(36)21-35(29-11-9-8-10-23(29)4)40(38,39)27-18-12-22(3)13-19-27/h8-19,24,28H,6-7,20-21H2,1-5H3,(H,33,37)/t24-,28-/m0/s1. The molecule has 2 amide bonds. The summed E-state index contributed by atoms with van der Waals surface area (Å²) < 4.78 is 42.6. The molecule has 0 aromatic heterocycles. The summed E-state index contributed by atoms with van der Waals surface area (Å²) in [4.78, 5) is 28.8. The van der Waals surface area contributed by atoms with Gasteiger partial charge in [-0.05, 0) is 75.1 Å². The Bertz CT molecular complexity index is 1410. The van der Waals surface area contributed by atoms with Crippen LogP contribution in [0.5, 0.6) is 0 Å². The van der Waals surface area contributed by atoms with Crippen molar-refractivity contribution in [3.63, 3.8) is 0 Å². The van der Waals surface area contributed by atoms with Gasteiger partial charge in [-0.1, -0.05) is 61.9 Å². The summed E-state index contributed by atoms with van der Waals surface area (Å²) >= 11 is 0. The Morgan fingerprint density at radius 3 is 2.10 bits per heavy atom. The average Bonchev–Trinajstić information content (AvgIpc) is 2.93. The number of aryl methyl sites for hydroxylation is 2. The molecular formula is C31H38FN3O4S. The number of carbonyl (C=O) groups is 2. The third-order valence-corrected chi connectivity index (χ3v) is 8.70. The van der Waals surface area contributed by atoms with Crippen molar-refractivity contribution in [1.29, 1.82) is 0 Å². The maximum atomic E-state index is 14.1. The number of hydrogen-bond donors (Lipinski definition) is 1. The molecule has 0 spiro atoms. The minimum atomic E-state index is -4.14. The SMILES string of the molecule is CC[C@H](C)NC(=O)[C@H](CC)N(Cc1ccc(F)cc1)C(=O)CN(c1ccccc1C)S(=O)(=O)c1ccc(C)cc1. The second-order valence-corrected chi connectivity index (χ2v) is 11.9. The van der Waals surface area contributed by atoms with Gasteiger partial charge in [0.15, 0.2) is 0 Å². The molecule has 0 aliphatic carbocycles. The summed E-state index contributed by atoms with van der Waals surface area (Å²) in [6.07, 6.45) is 1.02. The molecule has 0 saturated heterocycles. The minimum absolute atomic E-state index is 0.0116. The van der Waals surface area contributed by atoms with Crippen LogP contribution in [0.25, 0.3) is 0 Å². The number of rotatable bonds is 12. The predicted octanol–water partition coefficient (Wildman–Crippen LogP) is 5.36. The molecule has 0 saturated carbocycles. The van der Waals surface area contributed by atoms with Gasteiger partial charge in [0.05, 0.1) is 10.6 Å². The number of para-hydroxylation sites is 1. The monoisotopic (exact) mass is 567 g/mol. The second-order valence-electron chi connectivity index (χ2n) is 10.0. The van der Waals surface area contributed by atoms with E-state index in [-0.39, 0.29) is 23.4 Å². The Kier molecular flexibility index (Phi) is 10.5. The number of sulfonamides is 1. The highest BCUT2D eigenvalue weighted by Crippen LogP contribution is 2.27. The van der Waals surface area contributed by atoms with Crippen molar-refractivity contribution in [3.8, 4) is 0 Å². The molecule has 1 N–H and O–H groups in total. The normalized spacial score (nSPS) is 12.8. The maximum absolute atomic E-state index is 14.1. The third-order valence-electron chi connectivity index (χ3n) is 6.93. The molecule has 214 valence electrons. The van der Waals surface area contributed by atoms with E-state index < -0.39 is 34.3 Å². The summed E-state index contributed by atoms with van der Waals surface area (Å²) in [5.74, 6) is -1.29. The quantitative estimate of drug-likeness (QED) is 0.319. The minimum Gasteiger partial charge on any atom is -0.352 e. The van der Waals surface area contributed by atoms with E-state index in [9.17, 15) is 22.4 Å². The highest BCUT2D eigenvalue weighted by molar-refractivity contribution is 7.92. The molecule has 7 nitrogen and oxygen atoms in total. The summed E-state index contributed by atoms with van der Waals surface area (Å²) in [6.45, 7) is 8.76. The molecule has 0 bridgehead atoms. The second kappa shape index (κ2) is 13.6. The fourth-order valence-electron chi connectivity index (χ4n) is 4.34. The topological polar surface area (TPSA) is 86.8 Å². The molecule has 0 radical (unpaired) electrons. The number of hydrogen-bond acceptors (Lipinski definition) is 4. The molecule has 2 atom stereocenters. The van der Waals surface area contributed by atoms with Crippen LogP contribution in [0, 0.1) is 19.7 Å².